The van der Waals surface area contributed by atoms with Gasteiger partial charge >= 0.3 is 0 Å². The second-order valence-electron chi connectivity index (χ2n) is 6.39. The molecule has 28 heavy (non-hydrogen) atoms. The average molecular weight is 410 g/mol. The number of methoxy groups -OCH3 is 1. The molecule has 1 aliphatic heterocycles. The molecule has 0 spiro atoms. The molecular formula is C19H26N2O6S. The van der Waals surface area contributed by atoms with Crippen molar-refractivity contribution in [3.63, 3.8) is 0 Å². The number of carbonyl (C=O) groups is 2. The number of likely N-dealkylation sites (N-methyl/N-ethyl adjacent to an activating group) is 1. The van der Waals surface area contributed by atoms with E-state index in [0.717, 1.165) is 10.6 Å². The van der Waals surface area contributed by atoms with Gasteiger partial charge in [-0.2, -0.15) is 0 Å². The molecule has 1 aliphatic rings. The van der Waals surface area contributed by atoms with Crippen molar-refractivity contribution in [3.05, 3.63) is 36.4 Å². The van der Waals surface area contributed by atoms with Crippen LogP contribution in [0.1, 0.15) is 6.92 Å². The van der Waals surface area contributed by atoms with Gasteiger partial charge in [-0.15, -0.1) is 11.8 Å². The highest BCUT2D eigenvalue weighted by molar-refractivity contribution is 7.99. The normalized spacial score (nSPS) is 21.6. The first-order chi connectivity index (χ1) is 13.3. The van der Waals surface area contributed by atoms with Gasteiger partial charge < -0.3 is 30.3 Å². The maximum atomic E-state index is 12.7. The number of benzene rings is 1. The highest BCUT2D eigenvalue weighted by Crippen LogP contribution is 2.33. The minimum Gasteiger partial charge on any atom is -0.387 e. The van der Waals surface area contributed by atoms with E-state index in [1.807, 2.05) is 24.3 Å². The summed E-state index contributed by atoms with van der Waals surface area (Å²) in [7, 11) is 2.83. The van der Waals surface area contributed by atoms with Crippen molar-refractivity contribution in [2.24, 2.45) is 0 Å². The summed E-state index contributed by atoms with van der Waals surface area (Å²) < 4.78 is 5.03. The van der Waals surface area contributed by atoms with Crippen LogP contribution < -0.4 is 10.2 Å². The number of aliphatic hydroxyl groups is 3. The van der Waals surface area contributed by atoms with Crippen molar-refractivity contribution in [1.82, 2.24) is 5.32 Å². The second-order valence-corrected chi connectivity index (χ2v) is 7.45. The van der Waals surface area contributed by atoms with Gasteiger partial charge in [-0.1, -0.05) is 24.3 Å². The Labute approximate surface area is 168 Å². The number of carbonyl (C=O) groups excluding carboxylic acids is 2. The van der Waals surface area contributed by atoms with Crippen molar-refractivity contribution in [2.45, 2.75) is 42.3 Å². The molecule has 2 rings (SSSR count). The van der Waals surface area contributed by atoms with Crippen molar-refractivity contribution < 1.29 is 29.6 Å². The molecule has 4 N–H and O–H groups in total. The average Bonchev–Trinajstić information content (AvgIpc) is 2.80. The van der Waals surface area contributed by atoms with E-state index >= 15 is 0 Å². The molecule has 5 atom stereocenters. The molecule has 1 aromatic rings. The number of aliphatic hydroxyl groups excluding tert-OH is 3. The number of hydrogen-bond donors (Lipinski definition) is 4. The molecule has 0 unspecified atom stereocenters. The zero-order valence-electron chi connectivity index (χ0n) is 16.0. The maximum absolute atomic E-state index is 12.7. The Bertz CT molecular complexity index is 728. The third kappa shape index (κ3) is 4.92. The van der Waals surface area contributed by atoms with E-state index in [-0.39, 0.29) is 5.91 Å². The third-order valence-corrected chi connectivity index (χ3v) is 5.65. The van der Waals surface area contributed by atoms with Crippen molar-refractivity contribution in [3.8, 4) is 0 Å². The lowest BCUT2D eigenvalue weighted by Gasteiger charge is -2.28. The van der Waals surface area contributed by atoms with Crippen molar-refractivity contribution in [1.29, 1.82) is 0 Å². The molecule has 154 valence electrons. The number of anilines is 1. The molecule has 2 amide bonds. The molecule has 0 aromatic heterocycles. The number of nitrogens with zero attached hydrogens (tertiary/aromatic N) is 1. The summed E-state index contributed by atoms with van der Waals surface area (Å²) in [6, 6.07) is 6.59. The van der Waals surface area contributed by atoms with Crippen LogP contribution in [0.4, 0.5) is 5.69 Å². The number of allylic oxidation sites excluding steroid dienone is 1. The Hall–Kier alpha value is -1.91. The molecular weight excluding hydrogens is 384 g/mol. The molecule has 0 saturated carbocycles. The van der Waals surface area contributed by atoms with Gasteiger partial charge in [-0.3, -0.25) is 9.59 Å². The van der Waals surface area contributed by atoms with Crippen LogP contribution in [0.2, 0.25) is 0 Å². The topological polar surface area (TPSA) is 119 Å². The van der Waals surface area contributed by atoms with E-state index in [9.17, 15) is 24.9 Å². The lowest BCUT2D eigenvalue weighted by molar-refractivity contribution is -0.150. The zero-order chi connectivity index (χ0) is 20.8. The van der Waals surface area contributed by atoms with Crippen LogP contribution >= 0.6 is 11.8 Å². The summed E-state index contributed by atoms with van der Waals surface area (Å²) in [6.45, 7) is 1.65. The Morgan fingerprint density at radius 3 is 2.64 bits per heavy atom. The summed E-state index contributed by atoms with van der Waals surface area (Å²) in [6.07, 6.45) is -3.32. The number of para-hydroxylation sites is 1. The van der Waals surface area contributed by atoms with E-state index in [2.05, 4.69) is 5.32 Å². The quantitative estimate of drug-likeness (QED) is 0.464. The number of rotatable bonds is 7. The van der Waals surface area contributed by atoms with E-state index in [0.29, 0.717) is 5.75 Å². The second kappa shape index (κ2) is 10.0. The van der Waals surface area contributed by atoms with Gasteiger partial charge in [0.1, 0.15) is 24.4 Å². The molecule has 0 bridgehead atoms. The van der Waals surface area contributed by atoms with Crippen LogP contribution in [0.5, 0.6) is 0 Å². The number of hydrogen-bond acceptors (Lipinski definition) is 7. The summed E-state index contributed by atoms with van der Waals surface area (Å²) in [5, 5.41) is 32.7. The lowest BCUT2D eigenvalue weighted by Crippen LogP contribution is -2.56. The molecule has 0 saturated heterocycles. The van der Waals surface area contributed by atoms with Crippen LogP contribution in [0.25, 0.3) is 0 Å². The van der Waals surface area contributed by atoms with Crippen molar-refractivity contribution >= 4 is 29.3 Å². The third-order valence-electron chi connectivity index (χ3n) is 4.49. The van der Waals surface area contributed by atoms with Crippen LogP contribution in [0.3, 0.4) is 0 Å². The first-order valence-electron chi connectivity index (χ1n) is 8.81. The van der Waals surface area contributed by atoms with Gasteiger partial charge in [-0.25, -0.2) is 0 Å². The Balaban J connectivity index is 2.11. The van der Waals surface area contributed by atoms with Gasteiger partial charge in [-0.05, 0) is 19.1 Å². The predicted octanol–water partition coefficient (Wildman–Crippen LogP) is -0.0863. The van der Waals surface area contributed by atoms with Gasteiger partial charge in [0.15, 0.2) is 6.10 Å². The van der Waals surface area contributed by atoms with Crippen LogP contribution in [0.15, 0.2) is 41.3 Å². The summed E-state index contributed by atoms with van der Waals surface area (Å²) >= 11 is 1.43. The minimum atomic E-state index is -1.68. The fourth-order valence-electron chi connectivity index (χ4n) is 2.90. The lowest BCUT2D eigenvalue weighted by atomic mass is 10.0. The fourth-order valence-corrected chi connectivity index (χ4v) is 4.00. The molecule has 9 heteroatoms. The van der Waals surface area contributed by atoms with Crippen LogP contribution in [-0.4, -0.2) is 77.5 Å². The van der Waals surface area contributed by atoms with E-state index in [4.69, 9.17) is 4.74 Å². The largest absolute Gasteiger partial charge is 0.387 e. The smallest absolute Gasteiger partial charge is 0.252 e. The number of amides is 2. The zero-order valence-corrected chi connectivity index (χ0v) is 16.8. The Morgan fingerprint density at radius 1 is 1.32 bits per heavy atom. The SMILES string of the molecule is C/C=C\[C@@H](O)[C@H](O)[C@@H](O)[C@@H](OC)C(=O)N[C@H]1CSc2ccccc2N(C)C1=O. The van der Waals surface area contributed by atoms with Gasteiger partial charge in [0.25, 0.3) is 5.91 Å². The highest BCUT2D eigenvalue weighted by atomic mass is 32.2. The first kappa shape index (κ1) is 22.4. The molecule has 0 radical (unpaired) electrons. The fraction of sp³-hybridized carbons (Fsp3) is 0.474. The minimum absolute atomic E-state index is 0.301. The van der Waals surface area contributed by atoms with Crippen LogP contribution in [0, 0.1) is 0 Å². The van der Waals surface area contributed by atoms with Gasteiger partial charge in [0.05, 0.1) is 5.69 Å². The van der Waals surface area contributed by atoms with Crippen LogP contribution in [-0.2, 0) is 14.3 Å². The van der Waals surface area contributed by atoms with Gasteiger partial charge in [0, 0.05) is 24.8 Å². The molecule has 0 aliphatic carbocycles. The van der Waals surface area contributed by atoms with Crippen molar-refractivity contribution in [2.75, 3.05) is 24.8 Å². The predicted molar refractivity (Wildman–Crippen MR) is 106 cm³/mol. The number of thioether (sulfide) groups is 1. The molecule has 1 heterocycles. The molecule has 8 nitrogen and oxygen atoms in total. The molecule has 1 aromatic carbocycles. The van der Waals surface area contributed by atoms with E-state index in [1.54, 1.807) is 14.0 Å². The first-order valence-corrected chi connectivity index (χ1v) is 9.80. The number of ether oxygens (including phenoxy) is 1. The Kier molecular flexibility index (Phi) is 8.02. The van der Waals surface area contributed by atoms with E-state index < -0.39 is 36.4 Å². The van der Waals surface area contributed by atoms with E-state index in [1.165, 1.54) is 35.9 Å². The highest BCUT2D eigenvalue weighted by Gasteiger charge is 2.38. The monoisotopic (exact) mass is 410 g/mol. The number of nitrogens with one attached hydrogen (secondary N) is 1. The summed E-state index contributed by atoms with van der Waals surface area (Å²) in [5.41, 5.74) is 0.752. The van der Waals surface area contributed by atoms with Gasteiger partial charge in [0.2, 0.25) is 5.91 Å². The Morgan fingerprint density at radius 2 is 2.00 bits per heavy atom. The summed E-state index contributed by atoms with van der Waals surface area (Å²) in [5.74, 6) is -0.743. The number of fused-ring (bicyclic) bond motifs is 1. The summed E-state index contributed by atoms with van der Waals surface area (Å²) in [4.78, 5) is 27.8. The standard InChI is InChI=1S/C19H26N2O6S/c1-4-7-13(22)15(23)16(24)17(27-3)18(25)20-11-10-28-14-9-6-5-8-12(14)21(2)19(11)26/h4-9,11,13,15-17,22-24H,10H2,1-3H3,(H,20,25)/b7-4-/t11-,13+,15-,16+,17+/m0/s1. The maximum Gasteiger partial charge on any atom is 0.252 e. The molecule has 0 fully saturated rings.